The molecular formula is C19H20N2O4. The summed E-state index contributed by atoms with van der Waals surface area (Å²) in [6.07, 6.45) is 0.340. The molecule has 1 saturated heterocycles. The van der Waals surface area contributed by atoms with Crippen molar-refractivity contribution < 1.29 is 19.4 Å². The maximum Gasteiger partial charge on any atom is 0.246 e. The molecule has 2 aromatic carbocycles. The molecule has 1 aliphatic rings. The van der Waals surface area contributed by atoms with E-state index in [1.54, 1.807) is 17.0 Å². The summed E-state index contributed by atoms with van der Waals surface area (Å²) in [6, 6.07) is 13.9. The highest BCUT2D eigenvalue weighted by Gasteiger charge is 2.32. The molecule has 0 unspecified atom stereocenters. The van der Waals surface area contributed by atoms with E-state index < -0.39 is 6.04 Å². The first-order chi connectivity index (χ1) is 12.1. The summed E-state index contributed by atoms with van der Waals surface area (Å²) in [5, 5.41) is 12.4. The van der Waals surface area contributed by atoms with Crippen LogP contribution in [0.1, 0.15) is 11.1 Å². The summed E-state index contributed by atoms with van der Waals surface area (Å²) in [7, 11) is 1.47. The van der Waals surface area contributed by atoms with Gasteiger partial charge in [0.15, 0.2) is 11.5 Å². The van der Waals surface area contributed by atoms with Crippen molar-refractivity contribution in [3.63, 3.8) is 0 Å². The largest absolute Gasteiger partial charge is 0.504 e. The third-order valence-corrected chi connectivity index (χ3v) is 4.18. The third-order valence-electron chi connectivity index (χ3n) is 4.18. The van der Waals surface area contributed by atoms with Crippen molar-refractivity contribution in [2.45, 2.75) is 19.0 Å². The third kappa shape index (κ3) is 3.91. The Morgan fingerprint density at radius 3 is 2.64 bits per heavy atom. The van der Waals surface area contributed by atoms with Crippen molar-refractivity contribution in [2.24, 2.45) is 0 Å². The quantitative estimate of drug-likeness (QED) is 0.864. The van der Waals surface area contributed by atoms with Crippen molar-refractivity contribution >= 4 is 11.8 Å². The maximum absolute atomic E-state index is 12.7. The van der Waals surface area contributed by atoms with Gasteiger partial charge in [-0.3, -0.25) is 9.59 Å². The van der Waals surface area contributed by atoms with Gasteiger partial charge in [-0.15, -0.1) is 0 Å². The van der Waals surface area contributed by atoms with Crippen molar-refractivity contribution in [3.8, 4) is 11.5 Å². The van der Waals surface area contributed by atoms with Crippen LogP contribution in [0.2, 0.25) is 0 Å². The van der Waals surface area contributed by atoms with Crippen LogP contribution in [0.3, 0.4) is 0 Å². The number of ether oxygens (including phenoxy) is 1. The average Bonchev–Trinajstić information content (AvgIpc) is 2.61. The molecule has 2 N–H and O–H groups in total. The van der Waals surface area contributed by atoms with Gasteiger partial charge in [0.2, 0.25) is 11.8 Å². The highest BCUT2D eigenvalue weighted by Crippen LogP contribution is 2.27. The van der Waals surface area contributed by atoms with Crippen LogP contribution in [0.5, 0.6) is 11.5 Å². The number of hydrogen-bond acceptors (Lipinski definition) is 4. The van der Waals surface area contributed by atoms with E-state index in [2.05, 4.69) is 5.32 Å². The molecule has 0 bridgehead atoms. The molecular weight excluding hydrogens is 320 g/mol. The lowest BCUT2D eigenvalue weighted by Crippen LogP contribution is -2.58. The van der Waals surface area contributed by atoms with E-state index in [9.17, 15) is 14.7 Å². The van der Waals surface area contributed by atoms with Crippen molar-refractivity contribution in [1.29, 1.82) is 0 Å². The first kappa shape index (κ1) is 16.8. The van der Waals surface area contributed by atoms with Gasteiger partial charge in [-0.2, -0.15) is 0 Å². The van der Waals surface area contributed by atoms with Crippen molar-refractivity contribution in [1.82, 2.24) is 10.2 Å². The summed E-state index contributed by atoms with van der Waals surface area (Å²) in [4.78, 5) is 26.3. The normalized spacial score (nSPS) is 17.3. The second-order valence-electron chi connectivity index (χ2n) is 6.01. The first-order valence-corrected chi connectivity index (χ1v) is 8.05. The number of carbonyl (C=O) groups excluding carboxylic acids is 2. The molecule has 0 spiro atoms. The summed E-state index contributed by atoms with van der Waals surface area (Å²) >= 11 is 0. The molecule has 2 aromatic rings. The number of phenolic OH excluding ortho intramolecular Hbond substituents is 1. The molecule has 0 radical (unpaired) electrons. The SMILES string of the molecule is COc1cc(C[C@H]2NC(=O)CN(Cc3ccccc3)C2=O)ccc1O. The second-order valence-corrected chi connectivity index (χ2v) is 6.01. The van der Waals surface area contributed by atoms with Gasteiger partial charge in [0.25, 0.3) is 0 Å². The summed E-state index contributed by atoms with van der Waals surface area (Å²) < 4.78 is 5.09. The fourth-order valence-corrected chi connectivity index (χ4v) is 2.93. The summed E-state index contributed by atoms with van der Waals surface area (Å²) in [6.45, 7) is 0.464. The molecule has 2 amide bonds. The number of methoxy groups -OCH3 is 1. The van der Waals surface area contributed by atoms with Gasteiger partial charge in [-0.1, -0.05) is 36.4 Å². The lowest BCUT2D eigenvalue weighted by molar-refractivity contribution is -0.144. The Bertz CT molecular complexity index is 776. The molecule has 1 aliphatic heterocycles. The second kappa shape index (κ2) is 7.25. The minimum Gasteiger partial charge on any atom is -0.504 e. The molecule has 25 heavy (non-hydrogen) atoms. The standard InChI is InChI=1S/C19H20N2O4/c1-25-17-10-14(7-8-16(17)22)9-15-19(24)21(12-18(23)20-15)11-13-5-3-2-4-6-13/h2-8,10,15,22H,9,11-12H2,1H3,(H,20,23)/t15-/m1/s1. The Kier molecular flexibility index (Phi) is 4.88. The number of nitrogens with zero attached hydrogens (tertiary/aromatic N) is 1. The van der Waals surface area contributed by atoms with Gasteiger partial charge in [0.05, 0.1) is 13.7 Å². The number of rotatable bonds is 5. The van der Waals surface area contributed by atoms with E-state index in [4.69, 9.17) is 4.74 Å². The van der Waals surface area contributed by atoms with Crippen LogP contribution < -0.4 is 10.1 Å². The number of phenols is 1. The molecule has 0 aromatic heterocycles. The van der Waals surface area contributed by atoms with Crippen molar-refractivity contribution in [2.75, 3.05) is 13.7 Å². The molecule has 130 valence electrons. The molecule has 6 nitrogen and oxygen atoms in total. The Hall–Kier alpha value is -3.02. The topological polar surface area (TPSA) is 78.9 Å². The first-order valence-electron chi connectivity index (χ1n) is 8.05. The van der Waals surface area contributed by atoms with E-state index in [1.165, 1.54) is 13.2 Å². The highest BCUT2D eigenvalue weighted by molar-refractivity contribution is 5.95. The molecule has 1 heterocycles. The highest BCUT2D eigenvalue weighted by atomic mass is 16.5. The van der Waals surface area contributed by atoms with Crippen LogP contribution >= 0.6 is 0 Å². The number of amides is 2. The lowest BCUT2D eigenvalue weighted by atomic mass is 10.0. The van der Waals surface area contributed by atoms with E-state index >= 15 is 0 Å². The monoisotopic (exact) mass is 340 g/mol. The Morgan fingerprint density at radius 2 is 1.92 bits per heavy atom. The zero-order chi connectivity index (χ0) is 17.8. The molecule has 0 saturated carbocycles. The molecule has 1 fully saturated rings. The minimum absolute atomic E-state index is 0.0379. The fourth-order valence-electron chi connectivity index (χ4n) is 2.93. The van der Waals surface area contributed by atoms with Crippen LogP contribution in [-0.2, 0) is 22.6 Å². The summed E-state index contributed by atoms with van der Waals surface area (Å²) in [5.74, 6) is 0.0888. The smallest absolute Gasteiger partial charge is 0.246 e. The van der Waals surface area contributed by atoms with Gasteiger partial charge in [0, 0.05) is 13.0 Å². The average molecular weight is 340 g/mol. The number of nitrogens with one attached hydrogen (secondary N) is 1. The van der Waals surface area contributed by atoms with Crippen LogP contribution in [0.25, 0.3) is 0 Å². The van der Waals surface area contributed by atoms with Gasteiger partial charge < -0.3 is 20.1 Å². The predicted octanol–water partition coefficient (Wildman–Crippen LogP) is 1.47. The number of aromatic hydroxyl groups is 1. The zero-order valence-corrected chi connectivity index (χ0v) is 13.9. The molecule has 6 heteroatoms. The maximum atomic E-state index is 12.7. The van der Waals surface area contributed by atoms with Crippen LogP contribution in [0, 0.1) is 0 Å². The molecule has 0 aliphatic carbocycles. The van der Waals surface area contributed by atoms with E-state index in [0.717, 1.165) is 11.1 Å². The minimum atomic E-state index is -0.626. The Balaban J connectivity index is 1.74. The lowest BCUT2D eigenvalue weighted by Gasteiger charge is -2.32. The predicted molar refractivity (Wildman–Crippen MR) is 92.2 cm³/mol. The van der Waals surface area contributed by atoms with Crippen molar-refractivity contribution in [3.05, 3.63) is 59.7 Å². The van der Waals surface area contributed by atoms with E-state index in [1.807, 2.05) is 30.3 Å². The Labute approximate surface area is 146 Å². The molecule has 3 rings (SSSR count). The van der Waals surface area contributed by atoms with E-state index in [0.29, 0.717) is 18.7 Å². The zero-order valence-electron chi connectivity index (χ0n) is 13.9. The number of hydrogen-bond donors (Lipinski definition) is 2. The van der Waals surface area contributed by atoms with Gasteiger partial charge in [-0.05, 0) is 23.3 Å². The summed E-state index contributed by atoms with van der Waals surface area (Å²) in [5.41, 5.74) is 1.78. The van der Waals surface area contributed by atoms with Gasteiger partial charge in [-0.25, -0.2) is 0 Å². The number of piperazine rings is 1. The fraction of sp³-hybridized carbons (Fsp3) is 0.263. The van der Waals surface area contributed by atoms with Crippen LogP contribution in [-0.4, -0.2) is 41.5 Å². The molecule has 1 atom stereocenters. The van der Waals surface area contributed by atoms with Crippen LogP contribution in [0.15, 0.2) is 48.5 Å². The number of carbonyl (C=O) groups is 2. The Morgan fingerprint density at radius 1 is 1.16 bits per heavy atom. The van der Waals surface area contributed by atoms with E-state index in [-0.39, 0.29) is 24.1 Å². The number of benzene rings is 2. The van der Waals surface area contributed by atoms with Crippen LogP contribution in [0.4, 0.5) is 0 Å². The van der Waals surface area contributed by atoms with Gasteiger partial charge >= 0.3 is 0 Å². The van der Waals surface area contributed by atoms with Gasteiger partial charge in [0.1, 0.15) is 6.04 Å².